The van der Waals surface area contributed by atoms with Crippen LogP contribution in [-0.2, 0) is 19.6 Å². The van der Waals surface area contributed by atoms with Crippen LogP contribution in [-0.4, -0.2) is 32.4 Å². The number of hydrogen-bond acceptors (Lipinski definition) is 5. The van der Waals surface area contributed by atoms with Crippen LogP contribution in [0.4, 0.5) is 0 Å². The minimum absolute atomic E-state index is 0.387. The van der Waals surface area contributed by atoms with Crippen LogP contribution in [0, 0.1) is 0 Å². The molecule has 1 unspecified atom stereocenters. The zero-order valence-corrected chi connectivity index (χ0v) is 15.8. The number of pyridine rings is 3. The standard InChI is InChI=1S/C22H27N5/c1-2-22(16-23-15-19-9-3-6-12-24-19)27(17-20-10-4-7-13-25-20)18-21-11-5-8-14-26-21/h3-14,22-23H,2,15-18H2,1H3. The first kappa shape index (κ1) is 19.1. The highest BCUT2D eigenvalue weighted by Gasteiger charge is 2.18. The van der Waals surface area contributed by atoms with Crippen LogP contribution >= 0.6 is 0 Å². The highest BCUT2D eigenvalue weighted by atomic mass is 15.2. The molecular formula is C22H27N5. The molecular weight excluding hydrogens is 334 g/mol. The van der Waals surface area contributed by atoms with E-state index in [1.54, 1.807) is 0 Å². The van der Waals surface area contributed by atoms with E-state index in [4.69, 9.17) is 0 Å². The summed E-state index contributed by atoms with van der Waals surface area (Å²) >= 11 is 0. The smallest absolute Gasteiger partial charge is 0.0544 e. The number of hydrogen-bond donors (Lipinski definition) is 1. The molecule has 3 aromatic heterocycles. The van der Waals surface area contributed by atoms with Gasteiger partial charge in [0.1, 0.15) is 0 Å². The summed E-state index contributed by atoms with van der Waals surface area (Å²) in [7, 11) is 0. The lowest BCUT2D eigenvalue weighted by Crippen LogP contribution is -2.41. The number of nitrogens with one attached hydrogen (secondary N) is 1. The van der Waals surface area contributed by atoms with Crippen LogP contribution in [0.3, 0.4) is 0 Å². The largest absolute Gasteiger partial charge is 0.310 e. The van der Waals surface area contributed by atoms with E-state index in [2.05, 4.69) is 44.2 Å². The van der Waals surface area contributed by atoms with Crippen molar-refractivity contribution in [2.45, 2.75) is 39.0 Å². The Kier molecular flexibility index (Phi) is 7.45. The monoisotopic (exact) mass is 361 g/mol. The maximum Gasteiger partial charge on any atom is 0.0544 e. The van der Waals surface area contributed by atoms with Crippen molar-refractivity contribution in [3.63, 3.8) is 0 Å². The summed E-state index contributed by atoms with van der Waals surface area (Å²) in [6.07, 6.45) is 6.60. The topological polar surface area (TPSA) is 53.9 Å². The summed E-state index contributed by atoms with van der Waals surface area (Å²) in [6.45, 7) is 5.52. The molecule has 5 nitrogen and oxygen atoms in total. The van der Waals surface area contributed by atoms with Crippen LogP contribution in [0.5, 0.6) is 0 Å². The predicted octanol–water partition coefficient (Wildman–Crippen LogP) is 3.44. The molecule has 0 aromatic carbocycles. The Morgan fingerprint density at radius 3 is 1.74 bits per heavy atom. The van der Waals surface area contributed by atoms with Crippen LogP contribution in [0.1, 0.15) is 30.4 Å². The molecule has 0 amide bonds. The van der Waals surface area contributed by atoms with Gasteiger partial charge in [0.2, 0.25) is 0 Å². The molecule has 5 heteroatoms. The first-order valence-corrected chi connectivity index (χ1v) is 9.49. The molecule has 0 bridgehead atoms. The third-order valence-corrected chi connectivity index (χ3v) is 4.58. The van der Waals surface area contributed by atoms with Crippen LogP contribution in [0.15, 0.2) is 73.2 Å². The molecule has 0 aliphatic heterocycles. The van der Waals surface area contributed by atoms with Crippen molar-refractivity contribution < 1.29 is 0 Å². The van der Waals surface area contributed by atoms with E-state index in [-0.39, 0.29) is 0 Å². The highest BCUT2D eigenvalue weighted by Crippen LogP contribution is 2.13. The minimum atomic E-state index is 0.387. The van der Waals surface area contributed by atoms with E-state index in [9.17, 15) is 0 Å². The lowest BCUT2D eigenvalue weighted by molar-refractivity contribution is 0.164. The van der Waals surface area contributed by atoms with Gasteiger partial charge in [-0.15, -0.1) is 0 Å². The van der Waals surface area contributed by atoms with Crippen molar-refractivity contribution in [1.82, 2.24) is 25.2 Å². The zero-order valence-electron chi connectivity index (χ0n) is 15.8. The summed E-state index contributed by atoms with van der Waals surface area (Å²) < 4.78 is 0. The van der Waals surface area contributed by atoms with Gasteiger partial charge < -0.3 is 5.32 Å². The van der Waals surface area contributed by atoms with Crippen molar-refractivity contribution in [3.8, 4) is 0 Å². The van der Waals surface area contributed by atoms with Gasteiger partial charge >= 0.3 is 0 Å². The van der Waals surface area contributed by atoms with E-state index in [0.29, 0.717) is 6.04 Å². The van der Waals surface area contributed by atoms with Crippen LogP contribution < -0.4 is 5.32 Å². The third kappa shape index (κ3) is 6.24. The molecule has 27 heavy (non-hydrogen) atoms. The van der Waals surface area contributed by atoms with Gasteiger partial charge in [0.25, 0.3) is 0 Å². The average Bonchev–Trinajstić information content (AvgIpc) is 2.73. The fraction of sp³-hybridized carbons (Fsp3) is 0.318. The second kappa shape index (κ2) is 10.5. The fourth-order valence-corrected chi connectivity index (χ4v) is 3.11. The van der Waals surface area contributed by atoms with Gasteiger partial charge in [0.05, 0.1) is 17.1 Å². The molecule has 0 aliphatic carbocycles. The maximum atomic E-state index is 4.51. The molecule has 0 radical (unpaired) electrons. The Morgan fingerprint density at radius 2 is 1.30 bits per heavy atom. The summed E-state index contributed by atoms with van der Waals surface area (Å²) in [6, 6.07) is 18.6. The third-order valence-electron chi connectivity index (χ3n) is 4.58. The predicted molar refractivity (Wildman–Crippen MR) is 108 cm³/mol. The van der Waals surface area contributed by atoms with Crippen molar-refractivity contribution >= 4 is 0 Å². The van der Waals surface area contributed by atoms with Gasteiger partial charge in [0.15, 0.2) is 0 Å². The van der Waals surface area contributed by atoms with E-state index in [1.165, 1.54) is 0 Å². The Morgan fingerprint density at radius 1 is 0.778 bits per heavy atom. The second-order valence-corrected chi connectivity index (χ2v) is 6.56. The number of aromatic nitrogens is 3. The molecule has 140 valence electrons. The highest BCUT2D eigenvalue weighted by molar-refractivity contribution is 5.07. The molecule has 0 spiro atoms. The number of rotatable bonds is 10. The van der Waals surface area contributed by atoms with Crippen molar-refractivity contribution in [2.24, 2.45) is 0 Å². The van der Waals surface area contributed by atoms with Gasteiger partial charge in [0, 0.05) is 50.8 Å². The fourth-order valence-electron chi connectivity index (χ4n) is 3.11. The van der Waals surface area contributed by atoms with E-state index < -0.39 is 0 Å². The van der Waals surface area contributed by atoms with E-state index in [1.807, 2.05) is 61.1 Å². The molecule has 0 aliphatic rings. The summed E-state index contributed by atoms with van der Waals surface area (Å²) in [5.41, 5.74) is 3.22. The van der Waals surface area contributed by atoms with Crippen molar-refractivity contribution in [2.75, 3.05) is 6.54 Å². The second-order valence-electron chi connectivity index (χ2n) is 6.56. The molecule has 1 atom stereocenters. The summed E-state index contributed by atoms with van der Waals surface area (Å²) in [5.74, 6) is 0. The van der Waals surface area contributed by atoms with Gasteiger partial charge in [-0.3, -0.25) is 19.9 Å². The van der Waals surface area contributed by atoms with E-state index in [0.717, 1.165) is 49.7 Å². The van der Waals surface area contributed by atoms with Crippen LogP contribution in [0.25, 0.3) is 0 Å². The van der Waals surface area contributed by atoms with Crippen molar-refractivity contribution in [3.05, 3.63) is 90.3 Å². The minimum Gasteiger partial charge on any atom is -0.310 e. The van der Waals surface area contributed by atoms with Crippen LogP contribution in [0.2, 0.25) is 0 Å². The van der Waals surface area contributed by atoms with Crippen molar-refractivity contribution in [1.29, 1.82) is 0 Å². The van der Waals surface area contributed by atoms with Gasteiger partial charge in [-0.05, 0) is 42.8 Å². The van der Waals surface area contributed by atoms with Gasteiger partial charge in [-0.1, -0.05) is 25.1 Å². The average molecular weight is 361 g/mol. The first-order chi connectivity index (χ1) is 13.3. The molecule has 0 saturated carbocycles. The first-order valence-electron chi connectivity index (χ1n) is 9.49. The lowest BCUT2D eigenvalue weighted by Gasteiger charge is -2.31. The molecule has 3 rings (SSSR count). The summed E-state index contributed by atoms with van der Waals surface area (Å²) in [4.78, 5) is 15.9. The Hall–Kier alpha value is -2.63. The Bertz CT molecular complexity index is 723. The quantitative estimate of drug-likeness (QED) is 0.599. The van der Waals surface area contributed by atoms with Gasteiger partial charge in [-0.25, -0.2) is 0 Å². The Balaban J connectivity index is 1.66. The maximum absolute atomic E-state index is 4.51. The molecule has 0 fully saturated rings. The molecule has 3 heterocycles. The normalized spacial score (nSPS) is 12.2. The molecule has 0 saturated heterocycles. The molecule has 3 aromatic rings. The van der Waals surface area contributed by atoms with E-state index >= 15 is 0 Å². The number of nitrogens with zero attached hydrogens (tertiary/aromatic N) is 4. The lowest BCUT2D eigenvalue weighted by atomic mass is 10.1. The SMILES string of the molecule is CCC(CNCc1ccccn1)N(Cc1ccccn1)Cc1ccccn1. The van der Waals surface area contributed by atoms with Gasteiger partial charge in [-0.2, -0.15) is 0 Å². The summed E-state index contributed by atoms with van der Waals surface area (Å²) in [5, 5.41) is 3.56. The zero-order chi connectivity index (χ0) is 18.7. The molecule has 1 N–H and O–H groups in total. The Labute approximate surface area is 161 Å².